The molecule has 142 valence electrons. The van der Waals surface area contributed by atoms with Crippen molar-refractivity contribution < 1.29 is 4.52 Å². The standard InChI is InChI=1S/C21H22N6O/c1-26(2)17-9-5-6-15(12-17)21-22-20(24-28-21)14-10-11-19-18(13-14)23-25-27(19)16-7-3-4-8-16/h5-6,9-13,16H,3-4,7-8H2,1-2H3. The van der Waals surface area contributed by atoms with Crippen molar-refractivity contribution in [2.45, 2.75) is 31.7 Å². The maximum Gasteiger partial charge on any atom is 0.258 e. The zero-order valence-electron chi connectivity index (χ0n) is 16.0. The van der Waals surface area contributed by atoms with Crippen LogP contribution in [0, 0.1) is 0 Å². The van der Waals surface area contributed by atoms with Crippen LogP contribution in [0.1, 0.15) is 31.7 Å². The number of fused-ring (bicyclic) bond motifs is 1. The summed E-state index contributed by atoms with van der Waals surface area (Å²) in [6, 6.07) is 14.6. The molecule has 0 N–H and O–H groups in total. The fraction of sp³-hybridized carbons (Fsp3) is 0.333. The van der Waals surface area contributed by atoms with E-state index in [0.717, 1.165) is 27.8 Å². The molecule has 2 heterocycles. The van der Waals surface area contributed by atoms with Gasteiger partial charge in [-0.25, -0.2) is 4.68 Å². The van der Waals surface area contributed by atoms with E-state index in [1.165, 1.54) is 25.7 Å². The van der Waals surface area contributed by atoms with Crippen molar-refractivity contribution >= 4 is 16.7 Å². The lowest BCUT2D eigenvalue weighted by Gasteiger charge is -2.12. The highest BCUT2D eigenvalue weighted by Gasteiger charge is 2.20. The molecule has 0 spiro atoms. The van der Waals surface area contributed by atoms with Crippen molar-refractivity contribution in [3.8, 4) is 22.8 Å². The summed E-state index contributed by atoms with van der Waals surface area (Å²) in [5, 5.41) is 12.9. The van der Waals surface area contributed by atoms with Gasteiger partial charge in [0.2, 0.25) is 5.82 Å². The van der Waals surface area contributed by atoms with Gasteiger partial charge in [-0.3, -0.25) is 0 Å². The molecule has 7 heteroatoms. The Morgan fingerprint density at radius 2 is 1.89 bits per heavy atom. The highest BCUT2D eigenvalue weighted by molar-refractivity contribution is 5.80. The van der Waals surface area contributed by atoms with Crippen molar-refractivity contribution in [3.63, 3.8) is 0 Å². The van der Waals surface area contributed by atoms with Crippen LogP contribution < -0.4 is 4.90 Å². The molecule has 1 aliphatic rings. The minimum absolute atomic E-state index is 0.469. The highest BCUT2D eigenvalue weighted by Crippen LogP contribution is 2.32. The van der Waals surface area contributed by atoms with Crippen LogP contribution in [-0.2, 0) is 0 Å². The Bertz CT molecular complexity index is 1120. The van der Waals surface area contributed by atoms with E-state index in [1.807, 2.05) is 55.4 Å². The number of hydrogen-bond acceptors (Lipinski definition) is 6. The Hall–Kier alpha value is -3.22. The maximum atomic E-state index is 5.52. The Balaban J connectivity index is 1.47. The summed E-state index contributed by atoms with van der Waals surface area (Å²) in [4.78, 5) is 6.63. The molecule has 1 fully saturated rings. The van der Waals surface area contributed by atoms with Gasteiger partial charge in [0.15, 0.2) is 0 Å². The molecular weight excluding hydrogens is 352 g/mol. The second kappa shape index (κ2) is 6.74. The number of aromatic nitrogens is 5. The number of benzene rings is 2. The van der Waals surface area contributed by atoms with Crippen LogP contribution in [0.4, 0.5) is 5.69 Å². The summed E-state index contributed by atoms with van der Waals surface area (Å²) in [6.07, 6.45) is 4.90. The Morgan fingerprint density at radius 1 is 1.04 bits per heavy atom. The number of nitrogens with zero attached hydrogens (tertiary/aromatic N) is 6. The van der Waals surface area contributed by atoms with Gasteiger partial charge in [-0.15, -0.1) is 5.10 Å². The predicted octanol–water partition coefficient (Wildman–Crippen LogP) is 4.33. The van der Waals surface area contributed by atoms with Crippen LogP contribution >= 0.6 is 0 Å². The molecule has 0 amide bonds. The lowest BCUT2D eigenvalue weighted by atomic mass is 10.1. The van der Waals surface area contributed by atoms with Gasteiger partial charge in [0, 0.05) is 30.9 Å². The number of hydrogen-bond donors (Lipinski definition) is 0. The topological polar surface area (TPSA) is 72.9 Å². The van der Waals surface area contributed by atoms with E-state index >= 15 is 0 Å². The van der Waals surface area contributed by atoms with E-state index in [-0.39, 0.29) is 0 Å². The first kappa shape index (κ1) is 16.9. The number of anilines is 1. The van der Waals surface area contributed by atoms with Crippen LogP contribution in [0.3, 0.4) is 0 Å². The average molecular weight is 374 g/mol. The zero-order chi connectivity index (χ0) is 19.1. The van der Waals surface area contributed by atoms with Gasteiger partial charge in [0.05, 0.1) is 11.6 Å². The summed E-state index contributed by atoms with van der Waals surface area (Å²) in [5.41, 5.74) is 4.80. The molecule has 2 aromatic heterocycles. The molecule has 0 radical (unpaired) electrons. The van der Waals surface area contributed by atoms with Crippen molar-refractivity contribution in [2.24, 2.45) is 0 Å². The first-order chi connectivity index (χ1) is 13.7. The molecule has 0 bridgehead atoms. The van der Waals surface area contributed by atoms with Crippen LogP contribution in [-0.4, -0.2) is 39.2 Å². The zero-order valence-corrected chi connectivity index (χ0v) is 16.0. The first-order valence-electron chi connectivity index (χ1n) is 9.66. The lowest BCUT2D eigenvalue weighted by molar-refractivity contribution is 0.432. The quantitative estimate of drug-likeness (QED) is 0.529. The van der Waals surface area contributed by atoms with Gasteiger partial charge in [-0.05, 0) is 49.2 Å². The Labute approximate surface area is 163 Å². The molecular formula is C21H22N6O. The summed E-state index contributed by atoms with van der Waals surface area (Å²) < 4.78 is 7.59. The summed E-state index contributed by atoms with van der Waals surface area (Å²) >= 11 is 0. The van der Waals surface area contributed by atoms with E-state index in [9.17, 15) is 0 Å². The highest BCUT2D eigenvalue weighted by atomic mass is 16.5. The van der Waals surface area contributed by atoms with Gasteiger partial charge >= 0.3 is 0 Å². The molecule has 0 aliphatic heterocycles. The molecule has 5 rings (SSSR count). The molecule has 1 aliphatic carbocycles. The van der Waals surface area contributed by atoms with Crippen molar-refractivity contribution in [1.82, 2.24) is 25.1 Å². The minimum Gasteiger partial charge on any atom is -0.378 e. The molecule has 7 nitrogen and oxygen atoms in total. The van der Waals surface area contributed by atoms with E-state index in [2.05, 4.69) is 31.2 Å². The monoisotopic (exact) mass is 374 g/mol. The van der Waals surface area contributed by atoms with Crippen molar-refractivity contribution in [2.75, 3.05) is 19.0 Å². The Morgan fingerprint density at radius 3 is 2.71 bits per heavy atom. The number of rotatable bonds is 4. The molecule has 0 unspecified atom stereocenters. The molecule has 1 saturated carbocycles. The predicted molar refractivity (Wildman–Crippen MR) is 108 cm³/mol. The summed E-state index contributed by atoms with van der Waals surface area (Å²) in [7, 11) is 4.01. The molecule has 4 aromatic rings. The summed E-state index contributed by atoms with van der Waals surface area (Å²) in [5.74, 6) is 1.07. The van der Waals surface area contributed by atoms with E-state index in [0.29, 0.717) is 17.8 Å². The van der Waals surface area contributed by atoms with Crippen LogP contribution in [0.25, 0.3) is 33.9 Å². The fourth-order valence-corrected chi connectivity index (χ4v) is 3.87. The average Bonchev–Trinajstić information content (AvgIpc) is 3.47. The molecule has 2 aromatic carbocycles. The third kappa shape index (κ3) is 2.93. The first-order valence-corrected chi connectivity index (χ1v) is 9.66. The van der Waals surface area contributed by atoms with Crippen LogP contribution in [0.5, 0.6) is 0 Å². The van der Waals surface area contributed by atoms with Crippen molar-refractivity contribution in [1.29, 1.82) is 0 Å². The van der Waals surface area contributed by atoms with E-state index in [4.69, 9.17) is 4.52 Å². The third-order valence-corrected chi connectivity index (χ3v) is 5.44. The van der Waals surface area contributed by atoms with E-state index < -0.39 is 0 Å². The Kier molecular flexibility index (Phi) is 4.07. The van der Waals surface area contributed by atoms with Crippen LogP contribution in [0.2, 0.25) is 0 Å². The van der Waals surface area contributed by atoms with Crippen molar-refractivity contribution in [3.05, 3.63) is 42.5 Å². The van der Waals surface area contributed by atoms with E-state index in [1.54, 1.807) is 0 Å². The summed E-state index contributed by atoms with van der Waals surface area (Å²) in [6.45, 7) is 0. The minimum atomic E-state index is 0.469. The second-order valence-corrected chi connectivity index (χ2v) is 7.54. The SMILES string of the molecule is CN(C)c1cccc(-c2nc(-c3ccc4c(c3)nnn4C3CCCC3)no2)c1. The molecule has 28 heavy (non-hydrogen) atoms. The third-order valence-electron chi connectivity index (χ3n) is 5.44. The van der Waals surface area contributed by atoms with Gasteiger partial charge < -0.3 is 9.42 Å². The van der Waals surface area contributed by atoms with Gasteiger partial charge in [-0.1, -0.05) is 29.3 Å². The molecule has 0 atom stereocenters. The van der Waals surface area contributed by atoms with Crippen LogP contribution in [0.15, 0.2) is 47.0 Å². The molecule has 0 saturated heterocycles. The maximum absolute atomic E-state index is 5.52. The van der Waals surface area contributed by atoms with Gasteiger partial charge in [-0.2, -0.15) is 4.98 Å². The second-order valence-electron chi connectivity index (χ2n) is 7.54. The largest absolute Gasteiger partial charge is 0.378 e. The fourth-order valence-electron chi connectivity index (χ4n) is 3.87. The lowest BCUT2D eigenvalue weighted by Crippen LogP contribution is -2.08. The smallest absolute Gasteiger partial charge is 0.258 e. The normalized spacial score (nSPS) is 14.8. The van der Waals surface area contributed by atoms with Gasteiger partial charge in [0.25, 0.3) is 5.89 Å². The van der Waals surface area contributed by atoms with Gasteiger partial charge in [0.1, 0.15) is 5.52 Å².